The van der Waals surface area contributed by atoms with Gasteiger partial charge in [0.25, 0.3) is 0 Å². The molecular formula is C13H22N2OS. The average Bonchev–Trinajstić information content (AvgIpc) is 2.87. The van der Waals surface area contributed by atoms with Crippen LogP contribution in [0.3, 0.4) is 0 Å². The molecule has 1 aliphatic rings. The van der Waals surface area contributed by atoms with Crippen LogP contribution < -0.4 is 0 Å². The maximum atomic E-state index is 10.5. The molecule has 3 nitrogen and oxygen atoms in total. The topological polar surface area (TPSA) is 38.0 Å². The Balaban J connectivity index is 2.06. The van der Waals surface area contributed by atoms with E-state index in [1.54, 1.807) is 0 Å². The van der Waals surface area contributed by atoms with Crippen molar-refractivity contribution in [2.75, 3.05) is 5.75 Å². The van der Waals surface area contributed by atoms with Gasteiger partial charge in [0, 0.05) is 23.9 Å². The van der Waals surface area contributed by atoms with Crippen LogP contribution in [0.2, 0.25) is 0 Å². The Bertz CT molecular complexity index is 379. The van der Waals surface area contributed by atoms with Crippen LogP contribution in [-0.2, 0) is 6.42 Å². The van der Waals surface area contributed by atoms with Gasteiger partial charge in [0.2, 0.25) is 0 Å². The third-order valence-corrected chi connectivity index (χ3v) is 5.23. The number of hydrogen-bond donors (Lipinski definition) is 1. The Morgan fingerprint density at radius 2 is 2.47 bits per heavy atom. The van der Waals surface area contributed by atoms with E-state index in [1.807, 2.05) is 28.7 Å². The van der Waals surface area contributed by atoms with Crippen LogP contribution in [-0.4, -0.2) is 31.5 Å². The number of aliphatic hydroxyl groups is 1. The molecule has 3 unspecified atom stereocenters. The van der Waals surface area contributed by atoms with Crippen molar-refractivity contribution in [2.45, 2.75) is 56.9 Å². The van der Waals surface area contributed by atoms with Crippen molar-refractivity contribution in [1.82, 2.24) is 9.78 Å². The molecule has 1 aromatic heterocycles. The molecule has 0 bridgehead atoms. The molecule has 0 radical (unpaired) electrons. The molecule has 1 N–H and O–H groups in total. The fraction of sp³-hybridized carbons (Fsp3) is 0.769. The highest BCUT2D eigenvalue weighted by Gasteiger charge is 2.39. The van der Waals surface area contributed by atoms with E-state index in [0.717, 1.165) is 24.3 Å². The maximum Gasteiger partial charge on any atom is 0.0826 e. The van der Waals surface area contributed by atoms with Crippen LogP contribution >= 0.6 is 11.8 Å². The van der Waals surface area contributed by atoms with E-state index in [1.165, 1.54) is 0 Å². The maximum absolute atomic E-state index is 10.5. The van der Waals surface area contributed by atoms with Crippen LogP contribution in [0.1, 0.15) is 45.3 Å². The monoisotopic (exact) mass is 254 g/mol. The fourth-order valence-electron chi connectivity index (χ4n) is 2.22. The van der Waals surface area contributed by atoms with E-state index in [0.29, 0.717) is 17.7 Å². The number of nitrogens with zero attached hydrogens (tertiary/aromatic N) is 2. The van der Waals surface area contributed by atoms with Gasteiger partial charge >= 0.3 is 0 Å². The lowest BCUT2D eigenvalue weighted by Crippen LogP contribution is -2.37. The van der Waals surface area contributed by atoms with E-state index >= 15 is 0 Å². The van der Waals surface area contributed by atoms with Crippen molar-refractivity contribution in [3.63, 3.8) is 0 Å². The third-order valence-electron chi connectivity index (χ3n) is 3.85. The molecule has 1 saturated heterocycles. The van der Waals surface area contributed by atoms with Crippen molar-refractivity contribution in [2.24, 2.45) is 0 Å². The molecule has 0 amide bonds. The van der Waals surface area contributed by atoms with Crippen LogP contribution in [0.25, 0.3) is 0 Å². The summed E-state index contributed by atoms with van der Waals surface area (Å²) in [6, 6.07) is 2.48. The van der Waals surface area contributed by atoms with E-state index in [9.17, 15) is 5.11 Å². The van der Waals surface area contributed by atoms with Crippen LogP contribution in [0.15, 0.2) is 12.3 Å². The summed E-state index contributed by atoms with van der Waals surface area (Å²) in [5.74, 6) is 1.06. The second kappa shape index (κ2) is 5.02. The first-order chi connectivity index (χ1) is 8.05. The lowest BCUT2D eigenvalue weighted by Gasteiger charge is -2.25. The van der Waals surface area contributed by atoms with Crippen molar-refractivity contribution in [3.8, 4) is 0 Å². The molecule has 0 saturated carbocycles. The van der Waals surface area contributed by atoms with E-state index in [2.05, 4.69) is 25.9 Å². The number of rotatable bonds is 4. The molecule has 2 rings (SSSR count). The third kappa shape index (κ3) is 2.68. The molecular weight excluding hydrogens is 232 g/mol. The van der Waals surface area contributed by atoms with Gasteiger partial charge in [-0.3, -0.25) is 4.68 Å². The lowest BCUT2D eigenvalue weighted by atomic mass is 9.92. The van der Waals surface area contributed by atoms with Gasteiger partial charge in [-0.25, -0.2) is 0 Å². The molecule has 17 heavy (non-hydrogen) atoms. The van der Waals surface area contributed by atoms with Crippen molar-refractivity contribution in [3.05, 3.63) is 18.0 Å². The number of thioether (sulfide) groups is 1. The average molecular weight is 254 g/mol. The highest BCUT2D eigenvalue weighted by Crippen LogP contribution is 2.37. The predicted octanol–water partition coefficient (Wildman–Crippen LogP) is 2.65. The van der Waals surface area contributed by atoms with E-state index < -0.39 is 5.60 Å². The van der Waals surface area contributed by atoms with Crippen LogP contribution in [0.4, 0.5) is 0 Å². The van der Waals surface area contributed by atoms with Gasteiger partial charge in [-0.15, -0.1) is 0 Å². The summed E-state index contributed by atoms with van der Waals surface area (Å²) in [7, 11) is 0. The molecule has 1 fully saturated rings. The van der Waals surface area contributed by atoms with Crippen molar-refractivity contribution >= 4 is 11.8 Å². The first-order valence-electron chi connectivity index (χ1n) is 6.43. The Morgan fingerprint density at radius 1 is 1.71 bits per heavy atom. The zero-order valence-corrected chi connectivity index (χ0v) is 11.7. The first-order valence-corrected chi connectivity index (χ1v) is 7.48. The molecule has 1 aliphatic heterocycles. The second-order valence-corrected chi connectivity index (χ2v) is 6.54. The standard InChI is InChI=1S/C13H22N2OS/c1-4-10(2)15-7-5-12(14-15)9-13(16)6-8-17-11(13)3/h5,7,10-11,16H,4,6,8-9H2,1-3H3. The Kier molecular flexibility index (Phi) is 3.83. The van der Waals surface area contributed by atoms with Gasteiger partial charge in [-0.1, -0.05) is 13.8 Å². The normalized spacial score (nSPS) is 30.7. The van der Waals surface area contributed by atoms with Gasteiger partial charge in [0.05, 0.1) is 11.3 Å². The summed E-state index contributed by atoms with van der Waals surface area (Å²) in [5.41, 5.74) is 0.460. The summed E-state index contributed by atoms with van der Waals surface area (Å²) in [6.45, 7) is 6.44. The molecule has 2 heterocycles. The van der Waals surface area contributed by atoms with Crippen LogP contribution in [0.5, 0.6) is 0 Å². The lowest BCUT2D eigenvalue weighted by molar-refractivity contribution is 0.0453. The zero-order chi connectivity index (χ0) is 12.5. The molecule has 0 spiro atoms. The second-order valence-electron chi connectivity index (χ2n) is 5.09. The van der Waals surface area contributed by atoms with Gasteiger partial charge in [-0.05, 0) is 31.6 Å². The number of aromatic nitrogens is 2. The number of hydrogen-bond acceptors (Lipinski definition) is 3. The minimum absolute atomic E-state index is 0.316. The molecule has 96 valence electrons. The molecule has 3 atom stereocenters. The molecule has 0 aliphatic carbocycles. The van der Waals surface area contributed by atoms with Crippen molar-refractivity contribution < 1.29 is 5.11 Å². The minimum Gasteiger partial charge on any atom is -0.388 e. The SMILES string of the molecule is CCC(C)n1ccc(CC2(O)CCSC2C)n1. The highest BCUT2D eigenvalue weighted by molar-refractivity contribution is 8.00. The summed E-state index contributed by atoms with van der Waals surface area (Å²) in [6.07, 6.45) is 4.68. The van der Waals surface area contributed by atoms with Crippen LogP contribution in [0, 0.1) is 0 Å². The summed E-state index contributed by atoms with van der Waals surface area (Å²) >= 11 is 1.86. The van der Waals surface area contributed by atoms with Gasteiger partial charge in [-0.2, -0.15) is 16.9 Å². The Morgan fingerprint density at radius 3 is 3.06 bits per heavy atom. The smallest absolute Gasteiger partial charge is 0.0826 e. The first kappa shape index (κ1) is 13.0. The molecule has 1 aromatic rings. The minimum atomic E-state index is -0.556. The van der Waals surface area contributed by atoms with Gasteiger partial charge in [0.15, 0.2) is 0 Å². The van der Waals surface area contributed by atoms with Crippen molar-refractivity contribution in [1.29, 1.82) is 0 Å². The quantitative estimate of drug-likeness (QED) is 0.897. The predicted molar refractivity (Wildman–Crippen MR) is 72.4 cm³/mol. The Hall–Kier alpha value is -0.480. The zero-order valence-electron chi connectivity index (χ0n) is 10.9. The van der Waals surface area contributed by atoms with Gasteiger partial charge < -0.3 is 5.11 Å². The molecule has 0 aromatic carbocycles. The summed E-state index contributed by atoms with van der Waals surface area (Å²) in [4.78, 5) is 0. The van der Waals surface area contributed by atoms with E-state index in [4.69, 9.17) is 0 Å². The summed E-state index contributed by atoms with van der Waals surface area (Å²) in [5, 5.41) is 15.4. The van der Waals surface area contributed by atoms with E-state index in [-0.39, 0.29) is 0 Å². The molecule has 4 heteroatoms. The summed E-state index contributed by atoms with van der Waals surface area (Å²) < 4.78 is 2.01. The largest absolute Gasteiger partial charge is 0.388 e. The fourth-order valence-corrected chi connectivity index (χ4v) is 3.56. The van der Waals surface area contributed by atoms with Gasteiger partial charge in [0.1, 0.15) is 0 Å². The highest BCUT2D eigenvalue weighted by atomic mass is 32.2. The Labute approximate surface area is 108 Å².